The Morgan fingerprint density at radius 3 is 0.626 bits per heavy atom. The highest BCUT2D eigenvalue weighted by molar-refractivity contribution is 7.80. The normalized spacial score (nSPS) is 17.7. The lowest BCUT2D eigenvalue weighted by Crippen LogP contribution is -2.41. The van der Waals surface area contributed by atoms with Crippen LogP contribution >= 0.6 is 24.9 Å². The third-order valence-corrected chi connectivity index (χ3v) is 29.4. The first kappa shape index (κ1) is 84.8. The van der Waals surface area contributed by atoms with Crippen LogP contribution in [0, 0.1) is 34.6 Å². The Morgan fingerprint density at radius 1 is 0.252 bits per heavy atom. The first-order valence-electron chi connectivity index (χ1n) is 39.3. The predicted octanol–water partition coefficient (Wildman–Crippen LogP) is 30.4. The first-order valence-corrected chi connectivity index (χ1v) is 43.0. The van der Waals surface area contributed by atoms with E-state index in [-0.39, 0.29) is 48.7 Å². The molecule has 0 heterocycles. The van der Waals surface area contributed by atoms with Crippen molar-refractivity contribution in [3.63, 3.8) is 0 Å². The van der Waals surface area contributed by atoms with Gasteiger partial charge in [0, 0.05) is 27.8 Å². The lowest BCUT2D eigenvalue weighted by atomic mass is 9.78. The van der Waals surface area contributed by atoms with Gasteiger partial charge in [0.05, 0.1) is 0 Å². The second kappa shape index (κ2) is 30.1. The highest BCUT2D eigenvalue weighted by Gasteiger charge is 2.65. The molecule has 5 nitrogen and oxygen atoms in total. The minimum Gasteiger partial charge on any atom is -0.471 e. The highest BCUT2D eigenvalue weighted by Crippen LogP contribution is 2.83. The lowest BCUT2D eigenvalue weighted by molar-refractivity contribution is 0.433. The largest absolute Gasteiger partial charge is 0.471 e. The zero-order valence-corrected chi connectivity index (χ0v) is 75.5. The van der Waals surface area contributed by atoms with Crippen LogP contribution in [0.5, 0.6) is 28.7 Å². The number of aryl methyl sites for hydroxylation is 5. The van der Waals surface area contributed by atoms with Gasteiger partial charge in [-0.3, -0.25) is 0 Å². The second-order valence-corrected chi connectivity index (χ2v) is 47.9. The van der Waals surface area contributed by atoms with Crippen LogP contribution in [0.1, 0.15) is 315 Å². The van der Waals surface area contributed by atoms with Gasteiger partial charge in [0.15, 0.2) is 0 Å². The molecule has 2 aliphatic rings. The van der Waals surface area contributed by atoms with E-state index in [1.165, 1.54) is 55.6 Å². The van der Waals surface area contributed by atoms with Crippen molar-refractivity contribution < 1.29 is 22.6 Å². The Kier molecular flexibility index (Phi) is 23.9. The van der Waals surface area contributed by atoms with Crippen LogP contribution in [0.2, 0.25) is 0 Å². The third-order valence-electron chi connectivity index (χ3n) is 21.5. The summed E-state index contributed by atoms with van der Waals surface area (Å²) < 4.78 is 43.4. The number of rotatable bonds is 16. The molecular formula is C99H135O5P3. The molecule has 2 aliphatic carbocycles. The van der Waals surface area contributed by atoms with Gasteiger partial charge in [-0.05, 0) is 210 Å². The van der Waals surface area contributed by atoms with Crippen LogP contribution in [0.3, 0.4) is 0 Å². The van der Waals surface area contributed by atoms with Gasteiger partial charge in [-0.15, -0.1) is 0 Å². The molecule has 2 atom stereocenters. The summed E-state index contributed by atoms with van der Waals surface area (Å²) in [4.78, 5) is -2.31. The monoisotopic (exact) mass is 1500 g/mol. The van der Waals surface area contributed by atoms with Crippen molar-refractivity contribution in [1.82, 2.24) is 0 Å². The van der Waals surface area contributed by atoms with Crippen molar-refractivity contribution in [3.05, 3.63) is 252 Å². The average Bonchev–Trinajstić information content (AvgIpc) is 0.712. The van der Waals surface area contributed by atoms with Gasteiger partial charge in [-0.25, -0.2) is 0 Å². The van der Waals surface area contributed by atoms with E-state index in [1.807, 2.05) is 0 Å². The molecule has 9 rings (SSSR count). The highest BCUT2D eigenvalue weighted by atomic mass is 31.2. The Bertz CT molecular complexity index is 4110. The van der Waals surface area contributed by atoms with Gasteiger partial charge in [-0.1, -0.05) is 335 Å². The maximum Gasteiger partial charge on any atom is 0.309 e. The number of allylic oxidation sites excluding steroid dienone is 8. The molecular weight excluding hydrogens is 1360 g/mol. The van der Waals surface area contributed by atoms with Crippen LogP contribution in [0.25, 0.3) is 11.1 Å². The molecule has 107 heavy (non-hydrogen) atoms. The van der Waals surface area contributed by atoms with E-state index in [2.05, 4.69) is 400 Å². The number of hydrogen-bond donors (Lipinski definition) is 0. The minimum absolute atomic E-state index is 0.155. The molecule has 0 N–H and O–H groups in total. The van der Waals surface area contributed by atoms with Gasteiger partial charge in [0.25, 0.3) is 0 Å². The van der Waals surface area contributed by atoms with E-state index in [0.717, 1.165) is 78.8 Å². The fourth-order valence-electron chi connectivity index (χ4n) is 15.7. The summed E-state index contributed by atoms with van der Waals surface area (Å²) in [7, 11) is -6.72. The molecule has 0 bridgehead atoms. The molecule has 0 amide bonds. The lowest BCUT2D eigenvalue weighted by Gasteiger charge is -2.51. The number of benzene rings is 7. The molecule has 0 spiro atoms. The molecule has 0 saturated heterocycles. The van der Waals surface area contributed by atoms with Gasteiger partial charge in [0.1, 0.15) is 46.7 Å². The smallest absolute Gasteiger partial charge is 0.309 e. The molecule has 0 fully saturated rings. The van der Waals surface area contributed by atoms with Crippen LogP contribution in [-0.2, 0) is 54.1 Å². The van der Waals surface area contributed by atoms with E-state index < -0.39 is 40.1 Å². The molecule has 7 aromatic carbocycles. The fraction of sp³-hybridized carbons (Fsp3) is 0.495. The molecule has 0 radical (unpaired) electrons. The van der Waals surface area contributed by atoms with Gasteiger partial charge >= 0.3 is 16.8 Å². The molecule has 576 valence electrons. The molecule has 2 unspecified atom stereocenters. The van der Waals surface area contributed by atoms with E-state index >= 15 is 0 Å². The average molecular weight is 1500 g/mol. The maximum atomic E-state index is 9.06. The van der Waals surface area contributed by atoms with Crippen molar-refractivity contribution in [3.8, 4) is 28.7 Å². The van der Waals surface area contributed by atoms with Gasteiger partial charge < -0.3 is 22.6 Å². The van der Waals surface area contributed by atoms with Crippen LogP contribution in [0.15, 0.2) is 158 Å². The van der Waals surface area contributed by atoms with Crippen LogP contribution < -0.4 is 22.6 Å². The van der Waals surface area contributed by atoms with E-state index in [1.54, 1.807) is 0 Å². The SMILES string of the molecule is Cc1cc(OP(Oc2cc(C)c(C(C)(C)C)cc2C(C)(C)C)C2(P(Oc3cc(C)c(C(C)(C)C)cc3C(C)(C)C)C3(P(Oc4cc(C)c(C(C)(C)C)cc4C(C)(C)C)Oc4cc(C)c(C(C)(C)C)cc4C(C)(C)C)C=CC(c4ccccc4)=CC3)C=CC(c3ccccc3)=CC2)c(C(C)(C)C)cc1C(C)(C)C. The fourth-order valence-corrected chi connectivity index (χ4v) is 24.1. The van der Waals surface area contributed by atoms with Crippen molar-refractivity contribution in [1.29, 1.82) is 0 Å². The number of hydrogen-bond acceptors (Lipinski definition) is 5. The predicted molar refractivity (Wildman–Crippen MR) is 469 cm³/mol. The van der Waals surface area contributed by atoms with Crippen LogP contribution in [-0.4, -0.2) is 9.79 Å². The molecule has 0 aliphatic heterocycles. The first-order chi connectivity index (χ1) is 48.9. The summed E-state index contributed by atoms with van der Waals surface area (Å²) in [6.07, 6.45) is 15.6. The van der Waals surface area contributed by atoms with E-state index in [4.69, 9.17) is 22.6 Å². The van der Waals surface area contributed by atoms with Gasteiger partial charge in [0.2, 0.25) is 0 Å². The van der Waals surface area contributed by atoms with E-state index in [9.17, 15) is 0 Å². The summed E-state index contributed by atoms with van der Waals surface area (Å²) in [5.41, 5.74) is 19.7. The Hall–Kier alpha value is -6.21. The maximum absolute atomic E-state index is 9.06. The zero-order chi connectivity index (χ0) is 79.9. The molecule has 0 aromatic heterocycles. The molecule has 8 heteroatoms. The second-order valence-electron chi connectivity index (χ2n) is 41.5. The summed E-state index contributed by atoms with van der Waals surface area (Å²) in [5.74, 6) is 4.05. The summed E-state index contributed by atoms with van der Waals surface area (Å²) in [6, 6.07) is 45.7. The molecule has 7 aromatic rings. The standard InChI is InChI=1S/C99H135O5P3/c1-64-54-83(78(93(21,22)23)59-73(64)88(6,7)8)100-105(98(50-46-71(47-51-98)69-42-38-36-39-43-69)106(101-84-55-65(2)74(89(9,10)11)60-79(84)94(24,25)26)102-85-56-66(3)75(90(12,13)14)61-80(85)95(27,28)29)99(52-48-72(49-53-99)70-44-40-37-41-45-70)107(103-86-57-67(4)76(91(15,16)17)62-81(86)96(30,31)32)104-87-58-68(5)77(92(18,19)20)63-82(87)97(33,34)35/h36-50,52,54-63H,51,53H2,1-35H3. The summed E-state index contributed by atoms with van der Waals surface area (Å²) in [5, 5.41) is 0. The van der Waals surface area contributed by atoms with Crippen molar-refractivity contribution >= 4 is 36.0 Å². The Morgan fingerprint density at radius 2 is 0.449 bits per heavy atom. The Labute approximate surface area is 654 Å². The van der Waals surface area contributed by atoms with Gasteiger partial charge in [-0.2, -0.15) is 0 Å². The topological polar surface area (TPSA) is 46.2 Å². The van der Waals surface area contributed by atoms with Crippen molar-refractivity contribution in [2.45, 2.75) is 319 Å². The Balaban J connectivity index is 1.58. The summed E-state index contributed by atoms with van der Waals surface area (Å²) in [6.45, 7) is 81.2. The minimum atomic E-state index is -2.27. The third kappa shape index (κ3) is 18.7. The zero-order valence-electron chi connectivity index (χ0n) is 72.8. The van der Waals surface area contributed by atoms with E-state index in [0.29, 0.717) is 12.8 Å². The van der Waals surface area contributed by atoms with Crippen molar-refractivity contribution in [2.75, 3.05) is 0 Å². The quantitative estimate of drug-likeness (QED) is 0.0903. The van der Waals surface area contributed by atoms with Crippen molar-refractivity contribution in [2.24, 2.45) is 0 Å². The van der Waals surface area contributed by atoms with Crippen LogP contribution in [0.4, 0.5) is 0 Å². The summed E-state index contributed by atoms with van der Waals surface area (Å²) >= 11 is 0. The molecule has 0 saturated carbocycles.